The molecule has 30 heavy (non-hydrogen) atoms. The van der Waals surface area contributed by atoms with Gasteiger partial charge >= 0.3 is 0 Å². The molecule has 1 saturated carbocycles. The molecular formula is C23H31N3O4. The number of hydroxylamine groups is 1. The fourth-order valence-electron chi connectivity index (χ4n) is 5.06. The molecular weight excluding hydrogens is 382 g/mol. The van der Waals surface area contributed by atoms with Crippen LogP contribution in [-0.4, -0.2) is 54.7 Å². The number of benzene rings is 1. The van der Waals surface area contributed by atoms with Crippen LogP contribution in [0.25, 0.3) is 5.57 Å². The van der Waals surface area contributed by atoms with Gasteiger partial charge in [0.15, 0.2) is 0 Å². The molecule has 1 spiro atoms. The maximum atomic E-state index is 13.2. The van der Waals surface area contributed by atoms with Crippen LogP contribution in [0, 0.1) is 25.2 Å². The normalized spacial score (nSPS) is 24.9. The van der Waals surface area contributed by atoms with Gasteiger partial charge in [-0.25, -0.2) is 5.48 Å². The van der Waals surface area contributed by atoms with Crippen LogP contribution in [0.2, 0.25) is 0 Å². The summed E-state index contributed by atoms with van der Waals surface area (Å²) >= 11 is 0. The van der Waals surface area contributed by atoms with Crippen LogP contribution in [0.4, 0.5) is 0 Å². The van der Waals surface area contributed by atoms with E-state index in [9.17, 15) is 9.59 Å². The van der Waals surface area contributed by atoms with E-state index < -0.39 is 17.9 Å². The van der Waals surface area contributed by atoms with Crippen LogP contribution in [0.3, 0.4) is 0 Å². The lowest BCUT2D eigenvalue weighted by molar-refractivity contribution is -0.144. The molecule has 162 valence electrons. The molecule has 2 atom stereocenters. The zero-order valence-electron chi connectivity index (χ0n) is 18.0. The summed E-state index contributed by atoms with van der Waals surface area (Å²) in [4.78, 5) is 27.3. The Kier molecular flexibility index (Phi) is 5.59. The van der Waals surface area contributed by atoms with Gasteiger partial charge in [-0.2, -0.15) is 0 Å². The number of rotatable bonds is 4. The highest BCUT2D eigenvalue weighted by molar-refractivity contribution is 5.90. The SMILES string of the molecule is COc1c(C)cc(C2=CCN(C(=O)C3NCC4(CC4)CC3C(=O)NO)CC2)cc1C. The lowest BCUT2D eigenvalue weighted by atomic mass is 9.81. The molecule has 0 bridgehead atoms. The minimum absolute atomic E-state index is 0.0588. The van der Waals surface area contributed by atoms with E-state index in [1.165, 1.54) is 11.1 Å². The Morgan fingerprint density at radius 3 is 2.50 bits per heavy atom. The van der Waals surface area contributed by atoms with Gasteiger partial charge < -0.3 is 15.0 Å². The average molecular weight is 414 g/mol. The van der Waals surface area contributed by atoms with E-state index in [1.54, 1.807) is 12.6 Å². The standard InChI is InChI=1S/C23H31N3O4/c1-14-10-17(11-15(2)20(14)30-3)16-4-8-26(9-5-16)22(28)19-18(21(27)25-29)12-23(6-7-23)13-24-19/h4,10-11,18-19,24,29H,5-9,12-13H2,1-3H3,(H,25,27). The van der Waals surface area contributed by atoms with Crippen molar-refractivity contribution in [1.82, 2.24) is 15.7 Å². The van der Waals surface area contributed by atoms with E-state index in [2.05, 4.69) is 23.5 Å². The third-order valence-corrected chi connectivity index (χ3v) is 6.98. The molecule has 2 fully saturated rings. The highest BCUT2D eigenvalue weighted by atomic mass is 16.5. The Hall–Kier alpha value is -2.38. The summed E-state index contributed by atoms with van der Waals surface area (Å²) in [6.45, 7) is 5.99. The van der Waals surface area contributed by atoms with Crippen molar-refractivity contribution >= 4 is 17.4 Å². The van der Waals surface area contributed by atoms with E-state index >= 15 is 0 Å². The molecule has 4 rings (SSSR count). The average Bonchev–Trinajstić information content (AvgIpc) is 3.51. The smallest absolute Gasteiger partial charge is 0.248 e. The quantitative estimate of drug-likeness (QED) is 0.520. The molecule has 2 amide bonds. The van der Waals surface area contributed by atoms with Crippen molar-refractivity contribution in [2.45, 2.75) is 45.6 Å². The second-order valence-corrected chi connectivity index (χ2v) is 9.05. The molecule has 7 nitrogen and oxygen atoms in total. The minimum atomic E-state index is -0.580. The minimum Gasteiger partial charge on any atom is -0.496 e. The van der Waals surface area contributed by atoms with E-state index in [-0.39, 0.29) is 11.3 Å². The van der Waals surface area contributed by atoms with Crippen molar-refractivity contribution in [3.8, 4) is 5.75 Å². The van der Waals surface area contributed by atoms with E-state index in [1.807, 2.05) is 18.7 Å². The number of hydrogen-bond donors (Lipinski definition) is 3. The Labute approximate surface area is 177 Å². The fourth-order valence-corrected chi connectivity index (χ4v) is 5.06. The van der Waals surface area contributed by atoms with Gasteiger partial charge in [-0.3, -0.25) is 14.8 Å². The Balaban J connectivity index is 1.47. The van der Waals surface area contributed by atoms with E-state index in [4.69, 9.17) is 9.94 Å². The molecule has 3 N–H and O–H groups in total. The summed E-state index contributed by atoms with van der Waals surface area (Å²) in [5.41, 5.74) is 6.50. The summed E-state index contributed by atoms with van der Waals surface area (Å²) in [7, 11) is 1.69. The first-order valence-electron chi connectivity index (χ1n) is 10.7. The predicted molar refractivity (Wildman–Crippen MR) is 113 cm³/mol. The monoisotopic (exact) mass is 413 g/mol. The van der Waals surface area contributed by atoms with Crippen LogP contribution in [-0.2, 0) is 9.59 Å². The molecule has 2 aliphatic heterocycles. The van der Waals surface area contributed by atoms with Crippen LogP contribution < -0.4 is 15.5 Å². The van der Waals surface area contributed by atoms with Gasteiger partial charge in [0, 0.05) is 19.6 Å². The van der Waals surface area contributed by atoms with Crippen molar-refractivity contribution in [3.63, 3.8) is 0 Å². The maximum Gasteiger partial charge on any atom is 0.248 e. The van der Waals surface area contributed by atoms with Crippen LogP contribution in [0.15, 0.2) is 18.2 Å². The topological polar surface area (TPSA) is 90.9 Å². The second-order valence-electron chi connectivity index (χ2n) is 9.05. The van der Waals surface area contributed by atoms with Gasteiger partial charge in [-0.15, -0.1) is 0 Å². The Bertz CT molecular complexity index is 867. The number of ether oxygens (including phenoxy) is 1. The van der Waals surface area contributed by atoms with Crippen LogP contribution in [0.1, 0.15) is 42.4 Å². The molecule has 7 heteroatoms. The fraction of sp³-hybridized carbons (Fsp3) is 0.565. The third-order valence-electron chi connectivity index (χ3n) is 6.98. The number of hydrogen-bond acceptors (Lipinski definition) is 5. The van der Waals surface area contributed by atoms with E-state index in [0.29, 0.717) is 19.5 Å². The molecule has 1 aromatic carbocycles. The van der Waals surface area contributed by atoms with Gasteiger partial charge in [-0.05, 0) is 79.3 Å². The Morgan fingerprint density at radius 2 is 1.97 bits per heavy atom. The molecule has 0 radical (unpaired) electrons. The first kappa shape index (κ1) is 20.9. The highest BCUT2D eigenvalue weighted by Crippen LogP contribution is 2.52. The number of nitrogens with zero attached hydrogens (tertiary/aromatic N) is 1. The van der Waals surface area contributed by atoms with Gasteiger partial charge in [0.2, 0.25) is 11.8 Å². The second kappa shape index (κ2) is 8.04. The molecule has 3 aliphatic rings. The first-order valence-corrected chi connectivity index (χ1v) is 10.7. The third kappa shape index (κ3) is 3.84. The van der Waals surface area contributed by atoms with E-state index in [0.717, 1.165) is 42.7 Å². The summed E-state index contributed by atoms with van der Waals surface area (Å²) in [5, 5.41) is 12.5. The van der Waals surface area contributed by atoms with Crippen molar-refractivity contribution < 1.29 is 19.5 Å². The molecule has 0 aromatic heterocycles. The van der Waals surface area contributed by atoms with Gasteiger partial charge in [0.05, 0.1) is 19.1 Å². The van der Waals surface area contributed by atoms with Crippen LogP contribution >= 0.6 is 0 Å². The number of aryl methyl sites for hydroxylation is 2. The summed E-state index contributed by atoms with van der Waals surface area (Å²) < 4.78 is 5.46. The summed E-state index contributed by atoms with van der Waals surface area (Å²) in [6, 6.07) is 3.69. The summed E-state index contributed by atoms with van der Waals surface area (Å²) in [5.74, 6) is -0.145. The lowest BCUT2D eigenvalue weighted by Gasteiger charge is -2.38. The van der Waals surface area contributed by atoms with Gasteiger partial charge in [-0.1, -0.05) is 6.08 Å². The number of amides is 2. The number of methoxy groups -OCH3 is 1. The Morgan fingerprint density at radius 1 is 1.27 bits per heavy atom. The van der Waals surface area contributed by atoms with Gasteiger partial charge in [0.25, 0.3) is 0 Å². The number of nitrogens with one attached hydrogen (secondary N) is 2. The summed E-state index contributed by atoms with van der Waals surface area (Å²) in [6.07, 6.45) is 5.68. The molecule has 2 unspecified atom stereocenters. The predicted octanol–water partition coefficient (Wildman–Crippen LogP) is 2.19. The number of piperidine rings is 1. The highest BCUT2D eigenvalue weighted by Gasteiger charge is 2.52. The van der Waals surface area contributed by atoms with Crippen molar-refractivity contribution in [1.29, 1.82) is 0 Å². The van der Waals surface area contributed by atoms with Crippen molar-refractivity contribution in [3.05, 3.63) is 34.9 Å². The molecule has 1 aliphatic carbocycles. The number of carbonyl (C=O) groups is 2. The van der Waals surface area contributed by atoms with Crippen LogP contribution in [0.5, 0.6) is 5.75 Å². The van der Waals surface area contributed by atoms with Gasteiger partial charge in [0.1, 0.15) is 5.75 Å². The zero-order chi connectivity index (χ0) is 21.5. The number of carbonyl (C=O) groups excluding carboxylic acids is 2. The molecule has 1 aromatic rings. The first-order chi connectivity index (χ1) is 14.4. The van der Waals surface area contributed by atoms with Crippen molar-refractivity contribution in [2.24, 2.45) is 11.3 Å². The van der Waals surface area contributed by atoms with Crippen molar-refractivity contribution in [2.75, 3.05) is 26.7 Å². The molecule has 1 saturated heterocycles. The maximum absolute atomic E-state index is 13.2. The largest absolute Gasteiger partial charge is 0.496 e. The molecule has 2 heterocycles. The zero-order valence-corrected chi connectivity index (χ0v) is 18.0. The lowest BCUT2D eigenvalue weighted by Crippen LogP contribution is -2.59.